The van der Waals surface area contributed by atoms with Crippen LogP contribution in [0.15, 0.2) is 16.6 Å². The van der Waals surface area contributed by atoms with Crippen LogP contribution in [0.25, 0.3) is 0 Å². The summed E-state index contributed by atoms with van der Waals surface area (Å²) >= 11 is 3.53. The summed E-state index contributed by atoms with van der Waals surface area (Å²) in [6.07, 6.45) is 0. The van der Waals surface area contributed by atoms with Gasteiger partial charge >= 0.3 is 0 Å². The van der Waals surface area contributed by atoms with E-state index in [1.54, 1.807) is 7.11 Å². The van der Waals surface area contributed by atoms with Crippen molar-refractivity contribution < 1.29 is 4.74 Å². The molecule has 1 nitrogen and oxygen atoms in total. The maximum atomic E-state index is 5.37. The Morgan fingerprint density at radius 3 is 2.38 bits per heavy atom. The summed E-state index contributed by atoms with van der Waals surface area (Å²) in [6, 6.07) is 4.24. The first-order valence-corrected chi connectivity index (χ1v) is 5.20. The van der Waals surface area contributed by atoms with Crippen molar-refractivity contribution in [2.24, 2.45) is 0 Å². The second-order valence-electron chi connectivity index (χ2n) is 3.47. The number of ether oxygens (including phenoxy) is 1. The highest BCUT2D eigenvalue weighted by atomic mass is 79.9. The number of hydrogen-bond donors (Lipinski definition) is 0. The molecule has 1 rings (SSSR count). The van der Waals surface area contributed by atoms with E-state index in [9.17, 15) is 0 Å². The number of methoxy groups -OCH3 is 1. The lowest BCUT2D eigenvalue weighted by Gasteiger charge is -2.14. The van der Waals surface area contributed by atoms with E-state index in [-0.39, 0.29) is 0 Å². The van der Waals surface area contributed by atoms with Crippen LogP contribution < -0.4 is 4.74 Å². The summed E-state index contributed by atoms with van der Waals surface area (Å²) in [5, 5.41) is 0. The molecule has 0 aliphatic rings. The average molecular weight is 243 g/mol. The predicted molar refractivity (Wildman–Crippen MR) is 59.5 cm³/mol. The Bertz CT molecular complexity index is 305. The smallest absolute Gasteiger partial charge is 0.136 e. The van der Waals surface area contributed by atoms with Crippen molar-refractivity contribution in [1.82, 2.24) is 0 Å². The zero-order valence-electron chi connectivity index (χ0n) is 8.52. The third kappa shape index (κ3) is 2.05. The molecule has 0 aromatic heterocycles. The number of aryl methyl sites for hydroxylation is 1. The molecule has 72 valence electrons. The van der Waals surface area contributed by atoms with Crippen molar-refractivity contribution in [2.45, 2.75) is 26.7 Å². The Kier molecular flexibility index (Phi) is 3.37. The van der Waals surface area contributed by atoms with E-state index in [0.29, 0.717) is 5.92 Å². The van der Waals surface area contributed by atoms with Crippen LogP contribution in [0.2, 0.25) is 0 Å². The molecular weight excluding hydrogens is 228 g/mol. The predicted octanol–water partition coefficient (Wildman–Crippen LogP) is 3.89. The fraction of sp³-hybridized carbons (Fsp3) is 0.455. The van der Waals surface area contributed by atoms with Gasteiger partial charge in [-0.25, -0.2) is 0 Å². The summed E-state index contributed by atoms with van der Waals surface area (Å²) in [5.41, 5.74) is 2.46. The van der Waals surface area contributed by atoms with Crippen molar-refractivity contribution in [3.8, 4) is 5.75 Å². The van der Waals surface area contributed by atoms with Crippen molar-refractivity contribution in [3.05, 3.63) is 27.7 Å². The van der Waals surface area contributed by atoms with E-state index in [2.05, 4.69) is 48.8 Å². The molecule has 0 N–H and O–H groups in total. The number of rotatable bonds is 2. The Morgan fingerprint density at radius 2 is 1.92 bits per heavy atom. The monoisotopic (exact) mass is 242 g/mol. The van der Waals surface area contributed by atoms with Crippen LogP contribution in [0.3, 0.4) is 0 Å². The lowest BCUT2D eigenvalue weighted by molar-refractivity contribution is 0.404. The molecule has 0 atom stereocenters. The first kappa shape index (κ1) is 10.6. The molecule has 2 heteroatoms. The van der Waals surface area contributed by atoms with Crippen LogP contribution in [0, 0.1) is 6.92 Å². The van der Waals surface area contributed by atoms with E-state index in [0.717, 1.165) is 10.2 Å². The van der Waals surface area contributed by atoms with Gasteiger partial charge in [0, 0.05) is 0 Å². The Morgan fingerprint density at radius 1 is 1.31 bits per heavy atom. The summed E-state index contributed by atoms with van der Waals surface area (Å²) in [4.78, 5) is 0. The van der Waals surface area contributed by atoms with Crippen LogP contribution in [-0.2, 0) is 0 Å². The van der Waals surface area contributed by atoms with Gasteiger partial charge in [-0.3, -0.25) is 0 Å². The highest BCUT2D eigenvalue weighted by Crippen LogP contribution is 2.35. The van der Waals surface area contributed by atoms with Gasteiger partial charge in [0.1, 0.15) is 5.75 Å². The summed E-state index contributed by atoms with van der Waals surface area (Å²) in [6.45, 7) is 6.40. The van der Waals surface area contributed by atoms with Crippen molar-refractivity contribution >= 4 is 15.9 Å². The molecule has 0 bridgehead atoms. The van der Waals surface area contributed by atoms with Gasteiger partial charge in [-0.2, -0.15) is 0 Å². The SMILES string of the molecule is COc1c(C(C)C)ccc(C)c1Br. The third-order valence-corrected chi connectivity index (χ3v) is 3.13. The zero-order valence-corrected chi connectivity index (χ0v) is 10.1. The van der Waals surface area contributed by atoms with E-state index in [4.69, 9.17) is 4.74 Å². The molecule has 0 amide bonds. The van der Waals surface area contributed by atoms with Crippen LogP contribution in [0.5, 0.6) is 5.75 Å². The Labute approximate surface area is 88.2 Å². The van der Waals surface area contributed by atoms with Gasteiger partial charge < -0.3 is 4.74 Å². The highest BCUT2D eigenvalue weighted by molar-refractivity contribution is 9.10. The fourth-order valence-corrected chi connectivity index (χ4v) is 1.85. The molecule has 1 aromatic rings. The lowest BCUT2D eigenvalue weighted by Crippen LogP contribution is -1.96. The Hall–Kier alpha value is -0.500. The second-order valence-corrected chi connectivity index (χ2v) is 4.27. The molecule has 0 saturated heterocycles. The second kappa shape index (κ2) is 4.14. The molecule has 0 radical (unpaired) electrons. The largest absolute Gasteiger partial charge is 0.495 e. The molecule has 13 heavy (non-hydrogen) atoms. The van der Waals surface area contributed by atoms with Crippen molar-refractivity contribution in [1.29, 1.82) is 0 Å². The van der Waals surface area contributed by atoms with E-state index < -0.39 is 0 Å². The minimum absolute atomic E-state index is 0.492. The van der Waals surface area contributed by atoms with Crippen LogP contribution in [0.4, 0.5) is 0 Å². The summed E-state index contributed by atoms with van der Waals surface area (Å²) in [5.74, 6) is 1.46. The number of benzene rings is 1. The quantitative estimate of drug-likeness (QED) is 0.765. The minimum atomic E-state index is 0.492. The van der Waals surface area contributed by atoms with E-state index in [1.165, 1.54) is 11.1 Å². The summed E-state index contributed by atoms with van der Waals surface area (Å²) in [7, 11) is 1.71. The molecule has 0 saturated carbocycles. The van der Waals surface area contributed by atoms with Gasteiger partial charge in [-0.15, -0.1) is 0 Å². The third-order valence-electron chi connectivity index (χ3n) is 2.15. The molecule has 0 aliphatic heterocycles. The average Bonchev–Trinajstić information content (AvgIpc) is 2.09. The first-order chi connectivity index (χ1) is 6.07. The van der Waals surface area contributed by atoms with Gasteiger partial charge in [-0.1, -0.05) is 26.0 Å². The van der Waals surface area contributed by atoms with Gasteiger partial charge in [0.25, 0.3) is 0 Å². The number of halogens is 1. The summed E-state index contributed by atoms with van der Waals surface area (Å²) < 4.78 is 6.44. The first-order valence-electron chi connectivity index (χ1n) is 4.41. The number of hydrogen-bond acceptors (Lipinski definition) is 1. The van der Waals surface area contributed by atoms with Crippen LogP contribution >= 0.6 is 15.9 Å². The van der Waals surface area contributed by atoms with Crippen LogP contribution in [0.1, 0.15) is 30.9 Å². The molecule has 0 unspecified atom stereocenters. The van der Waals surface area contributed by atoms with Crippen molar-refractivity contribution in [2.75, 3.05) is 7.11 Å². The molecule has 0 fully saturated rings. The zero-order chi connectivity index (χ0) is 10.0. The normalized spacial score (nSPS) is 10.6. The Balaban J connectivity index is 3.30. The van der Waals surface area contributed by atoms with Crippen LogP contribution in [-0.4, -0.2) is 7.11 Å². The maximum Gasteiger partial charge on any atom is 0.136 e. The topological polar surface area (TPSA) is 9.23 Å². The van der Waals surface area contributed by atoms with E-state index >= 15 is 0 Å². The molecule has 0 heterocycles. The molecule has 1 aromatic carbocycles. The lowest BCUT2D eigenvalue weighted by atomic mass is 10.0. The van der Waals surface area contributed by atoms with E-state index in [1.807, 2.05) is 0 Å². The van der Waals surface area contributed by atoms with Crippen molar-refractivity contribution in [3.63, 3.8) is 0 Å². The molecule has 0 aliphatic carbocycles. The fourth-order valence-electron chi connectivity index (χ4n) is 1.33. The molecule has 0 spiro atoms. The minimum Gasteiger partial charge on any atom is -0.495 e. The highest BCUT2D eigenvalue weighted by Gasteiger charge is 2.11. The maximum absolute atomic E-state index is 5.37. The van der Waals surface area contributed by atoms with Gasteiger partial charge in [-0.05, 0) is 39.9 Å². The molecular formula is C11H15BrO. The van der Waals surface area contributed by atoms with Gasteiger partial charge in [0.2, 0.25) is 0 Å². The van der Waals surface area contributed by atoms with Gasteiger partial charge in [0.15, 0.2) is 0 Å². The van der Waals surface area contributed by atoms with Gasteiger partial charge in [0.05, 0.1) is 11.6 Å². The standard InChI is InChI=1S/C11H15BrO/c1-7(2)9-6-5-8(3)10(12)11(9)13-4/h5-7H,1-4H3.